The van der Waals surface area contributed by atoms with Crippen molar-refractivity contribution in [3.05, 3.63) is 24.3 Å². The van der Waals surface area contributed by atoms with Crippen molar-refractivity contribution in [1.29, 1.82) is 0 Å². The number of aliphatic hydroxyl groups is 1. The molecule has 1 saturated heterocycles. The zero-order valence-electron chi connectivity index (χ0n) is 10.8. The number of phenols is 1. The van der Waals surface area contributed by atoms with Gasteiger partial charge in [-0.05, 0) is 37.1 Å². The first-order chi connectivity index (χ1) is 8.65. The van der Waals surface area contributed by atoms with Crippen molar-refractivity contribution in [3.8, 4) is 5.75 Å². The highest BCUT2D eigenvalue weighted by molar-refractivity contribution is 5.48. The molecule has 0 bridgehead atoms. The molecule has 2 N–H and O–H groups in total. The third-order valence-electron chi connectivity index (χ3n) is 3.60. The van der Waals surface area contributed by atoms with E-state index in [1.165, 1.54) is 0 Å². The summed E-state index contributed by atoms with van der Waals surface area (Å²) in [5, 5.41) is 18.9. The molecule has 1 aliphatic heterocycles. The van der Waals surface area contributed by atoms with E-state index in [0.717, 1.165) is 31.7 Å². The number of aliphatic hydroxyl groups excluding tert-OH is 1. The minimum Gasteiger partial charge on any atom is -0.508 e. The summed E-state index contributed by atoms with van der Waals surface area (Å²) in [5.74, 6) is 0.269. The highest BCUT2D eigenvalue weighted by Crippen LogP contribution is 2.30. The SMILES string of the molecule is CN(CC1(CO)CCCOC1)c1ccc(O)cc1. The van der Waals surface area contributed by atoms with E-state index >= 15 is 0 Å². The average molecular weight is 251 g/mol. The Balaban J connectivity index is 2.04. The minimum absolute atomic E-state index is 0.148. The van der Waals surface area contributed by atoms with Crippen LogP contribution in [0.4, 0.5) is 5.69 Å². The second-order valence-electron chi connectivity index (χ2n) is 5.19. The molecule has 18 heavy (non-hydrogen) atoms. The maximum atomic E-state index is 9.63. The number of ether oxygens (including phenoxy) is 1. The van der Waals surface area contributed by atoms with Crippen LogP contribution < -0.4 is 4.90 Å². The van der Waals surface area contributed by atoms with Gasteiger partial charge in [-0.1, -0.05) is 0 Å². The van der Waals surface area contributed by atoms with E-state index in [2.05, 4.69) is 4.90 Å². The van der Waals surface area contributed by atoms with Crippen LogP contribution in [0.25, 0.3) is 0 Å². The Hall–Kier alpha value is -1.26. The Morgan fingerprint density at radius 2 is 2.06 bits per heavy atom. The molecule has 1 aromatic carbocycles. The van der Waals surface area contributed by atoms with Crippen molar-refractivity contribution in [2.24, 2.45) is 5.41 Å². The fourth-order valence-corrected chi connectivity index (χ4v) is 2.51. The molecule has 1 aromatic rings. The van der Waals surface area contributed by atoms with Gasteiger partial charge < -0.3 is 19.8 Å². The smallest absolute Gasteiger partial charge is 0.115 e. The largest absolute Gasteiger partial charge is 0.508 e. The predicted molar refractivity (Wildman–Crippen MR) is 70.9 cm³/mol. The van der Waals surface area contributed by atoms with Crippen molar-refractivity contribution in [2.75, 3.05) is 38.3 Å². The quantitative estimate of drug-likeness (QED) is 0.854. The van der Waals surface area contributed by atoms with Crippen LogP contribution in [0.15, 0.2) is 24.3 Å². The van der Waals surface area contributed by atoms with E-state index in [0.29, 0.717) is 6.61 Å². The minimum atomic E-state index is -0.162. The monoisotopic (exact) mass is 251 g/mol. The predicted octanol–water partition coefficient (Wildman–Crippen LogP) is 1.62. The lowest BCUT2D eigenvalue weighted by atomic mass is 9.83. The Morgan fingerprint density at radius 3 is 2.61 bits per heavy atom. The first kappa shape index (κ1) is 13.2. The van der Waals surface area contributed by atoms with Gasteiger partial charge in [0, 0.05) is 31.3 Å². The number of anilines is 1. The van der Waals surface area contributed by atoms with Crippen LogP contribution in [0.2, 0.25) is 0 Å². The molecule has 1 fully saturated rings. The van der Waals surface area contributed by atoms with Gasteiger partial charge in [-0.15, -0.1) is 0 Å². The lowest BCUT2D eigenvalue weighted by Crippen LogP contribution is -2.44. The molecule has 1 unspecified atom stereocenters. The number of benzene rings is 1. The molecule has 4 heteroatoms. The highest BCUT2D eigenvalue weighted by Gasteiger charge is 2.33. The molecule has 2 rings (SSSR count). The van der Waals surface area contributed by atoms with Crippen molar-refractivity contribution in [1.82, 2.24) is 0 Å². The van der Waals surface area contributed by atoms with Crippen molar-refractivity contribution >= 4 is 5.69 Å². The molecule has 0 saturated carbocycles. The number of phenolic OH excluding ortho intramolecular Hbond substituents is 1. The fourth-order valence-electron chi connectivity index (χ4n) is 2.51. The lowest BCUT2D eigenvalue weighted by molar-refractivity contribution is -0.0331. The van der Waals surface area contributed by atoms with Crippen LogP contribution in [-0.4, -0.2) is 43.6 Å². The molecule has 1 atom stereocenters. The van der Waals surface area contributed by atoms with E-state index in [1.54, 1.807) is 12.1 Å². The molecule has 1 heterocycles. The zero-order valence-corrected chi connectivity index (χ0v) is 10.8. The number of hydrogen-bond donors (Lipinski definition) is 2. The topological polar surface area (TPSA) is 52.9 Å². The van der Waals surface area contributed by atoms with Crippen LogP contribution in [-0.2, 0) is 4.74 Å². The van der Waals surface area contributed by atoms with Crippen molar-refractivity contribution < 1.29 is 14.9 Å². The van der Waals surface area contributed by atoms with Gasteiger partial charge in [0.2, 0.25) is 0 Å². The van der Waals surface area contributed by atoms with Gasteiger partial charge in [-0.3, -0.25) is 0 Å². The van der Waals surface area contributed by atoms with Gasteiger partial charge in [0.1, 0.15) is 5.75 Å². The maximum absolute atomic E-state index is 9.63. The Morgan fingerprint density at radius 1 is 1.33 bits per heavy atom. The van der Waals surface area contributed by atoms with Crippen molar-refractivity contribution in [3.63, 3.8) is 0 Å². The summed E-state index contributed by atoms with van der Waals surface area (Å²) in [6.07, 6.45) is 2.00. The molecule has 0 spiro atoms. The number of rotatable bonds is 4. The van der Waals surface area contributed by atoms with Gasteiger partial charge in [-0.25, -0.2) is 0 Å². The summed E-state index contributed by atoms with van der Waals surface area (Å²) in [5.41, 5.74) is 0.872. The molecule has 4 nitrogen and oxygen atoms in total. The molecule has 0 radical (unpaired) electrons. The molecular formula is C14H21NO3. The first-order valence-electron chi connectivity index (χ1n) is 6.34. The average Bonchev–Trinajstić information content (AvgIpc) is 2.40. The summed E-state index contributed by atoms with van der Waals surface area (Å²) in [7, 11) is 2.00. The summed E-state index contributed by atoms with van der Waals surface area (Å²) in [4.78, 5) is 2.10. The van der Waals surface area contributed by atoms with Crippen LogP contribution in [0.5, 0.6) is 5.75 Å². The van der Waals surface area contributed by atoms with Gasteiger partial charge in [0.15, 0.2) is 0 Å². The van der Waals surface area contributed by atoms with Crippen LogP contribution in [0.1, 0.15) is 12.8 Å². The molecule has 100 valence electrons. The molecule has 1 aliphatic rings. The van der Waals surface area contributed by atoms with E-state index in [4.69, 9.17) is 4.74 Å². The first-order valence-corrected chi connectivity index (χ1v) is 6.34. The van der Waals surface area contributed by atoms with Gasteiger partial charge in [0.05, 0.1) is 13.2 Å². The summed E-state index contributed by atoms with van der Waals surface area (Å²) in [6.45, 7) is 2.32. The Labute approximate surface area is 108 Å². The standard InChI is InChI=1S/C14H21NO3/c1-15(12-3-5-13(17)6-4-12)9-14(10-16)7-2-8-18-11-14/h3-6,16-17H,2,7-11H2,1H3. The van der Waals surface area contributed by atoms with E-state index in [1.807, 2.05) is 19.2 Å². The normalized spacial score (nSPS) is 23.9. The summed E-state index contributed by atoms with van der Waals surface area (Å²) < 4.78 is 5.51. The van der Waals surface area contributed by atoms with E-state index in [-0.39, 0.29) is 17.8 Å². The second-order valence-corrected chi connectivity index (χ2v) is 5.19. The molecular weight excluding hydrogens is 230 g/mol. The van der Waals surface area contributed by atoms with Crippen LogP contribution >= 0.6 is 0 Å². The lowest BCUT2D eigenvalue weighted by Gasteiger charge is -2.39. The van der Waals surface area contributed by atoms with Crippen LogP contribution in [0, 0.1) is 5.41 Å². The number of nitrogens with zero attached hydrogens (tertiary/aromatic N) is 1. The summed E-state index contributed by atoms with van der Waals surface area (Å²) >= 11 is 0. The Kier molecular flexibility index (Phi) is 4.09. The van der Waals surface area contributed by atoms with Gasteiger partial charge in [-0.2, -0.15) is 0 Å². The Bertz CT molecular complexity index is 371. The third-order valence-corrected chi connectivity index (χ3v) is 3.60. The number of hydrogen-bond acceptors (Lipinski definition) is 4. The maximum Gasteiger partial charge on any atom is 0.115 e. The van der Waals surface area contributed by atoms with Crippen molar-refractivity contribution in [2.45, 2.75) is 12.8 Å². The highest BCUT2D eigenvalue weighted by atomic mass is 16.5. The number of aromatic hydroxyl groups is 1. The fraction of sp³-hybridized carbons (Fsp3) is 0.571. The summed E-state index contributed by atoms with van der Waals surface area (Å²) in [6, 6.07) is 7.11. The van der Waals surface area contributed by atoms with Gasteiger partial charge >= 0.3 is 0 Å². The molecule has 0 aromatic heterocycles. The van der Waals surface area contributed by atoms with E-state index < -0.39 is 0 Å². The van der Waals surface area contributed by atoms with Crippen LogP contribution in [0.3, 0.4) is 0 Å². The molecule has 0 aliphatic carbocycles. The molecule has 0 amide bonds. The van der Waals surface area contributed by atoms with E-state index in [9.17, 15) is 10.2 Å². The zero-order chi connectivity index (χ0) is 13.0. The van der Waals surface area contributed by atoms with Gasteiger partial charge in [0.25, 0.3) is 0 Å². The third kappa shape index (κ3) is 2.94. The second kappa shape index (κ2) is 5.59.